The molecule has 0 rings (SSSR count). The van der Waals surface area contributed by atoms with Gasteiger partial charge < -0.3 is 13.3 Å². The molecule has 0 aliphatic carbocycles. The van der Waals surface area contributed by atoms with Gasteiger partial charge in [-0.25, -0.2) is 0 Å². The van der Waals surface area contributed by atoms with Crippen molar-refractivity contribution in [2.24, 2.45) is 5.41 Å². The number of unbranched alkanes of at least 4 members (excludes halogenated alkanes) is 13. The summed E-state index contributed by atoms with van der Waals surface area (Å²) in [6.45, 7) is 9.29. The predicted molar refractivity (Wildman–Crippen MR) is 134 cm³/mol. The fraction of sp³-hybridized carbons (Fsp3) is 1.00. The molecule has 0 aromatic heterocycles. The van der Waals surface area contributed by atoms with Gasteiger partial charge in [0.2, 0.25) is 0 Å². The lowest BCUT2D eigenvalue weighted by Gasteiger charge is -2.42. The molecule has 0 N–H and O–H groups in total. The highest BCUT2D eigenvalue weighted by Gasteiger charge is 2.53. The van der Waals surface area contributed by atoms with Crippen LogP contribution in [0.15, 0.2) is 0 Å². The summed E-state index contributed by atoms with van der Waals surface area (Å²) in [7, 11) is 2.67. The van der Waals surface area contributed by atoms with Crippen LogP contribution in [-0.2, 0) is 13.3 Å². The third-order valence-corrected chi connectivity index (χ3v) is 10.6. The number of rotatable bonds is 22. The van der Waals surface area contributed by atoms with Gasteiger partial charge in [0.1, 0.15) is 0 Å². The monoisotopic (exact) mass is 444 g/mol. The molecule has 0 aliphatic heterocycles. The van der Waals surface area contributed by atoms with Crippen molar-refractivity contribution < 1.29 is 13.3 Å². The highest BCUT2D eigenvalue weighted by atomic mass is 28.4. The first-order valence-electron chi connectivity index (χ1n) is 13.1. The molecule has 0 radical (unpaired) electrons. The summed E-state index contributed by atoms with van der Waals surface area (Å²) in [4.78, 5) is 0. The van der Waals surface area contributed by atoms with Gasteiger partial charge >= 0.3 is 8.80 Å². The molecule has 0 heterocycles. The minimum atomic E-state index is -2.62. The van der Waals surface area contributed by atoms with E-state index in [1.807, 2.05) is 0 Å². The lowest BCUT2D eigenvalue weighted by atomic mass is 9.82. The third-order valence-electron chi connectivity index (χ3n) is 6.96. The van der Waals surface area contributed by atoms with Gasteiger partial charge in [0, 0.05) is 26.9 Å². The van der Waals surface area contributed by atoms with E-state index >= 15 is 0 Å². The number of hydrogen-bond donors (Lipinski definition) is 0. The first-order chi connectivity index (χ1) is 14.4. The maximum absolute atomic E-state index is 5.90. The Balaban J connectivity index is 4.05. The molecule has 1 unspecified atom stereocenters. The zero-order valence-electron chi connectivity index (χ0n) is 21.8. The predicted octanol–water partition coefficient (Wildman–Crippen LogP) is 8.93. The molecular formula is C26H56O3Si. The van der Waals surface area contributed by atoms with E-state index in [1.54, 1.807) is 21.3 Å². The van der Waals surface area contributed by atoms with Crippen LogP contribution in [0.3, 0.4) is 0 Å². The second kappa shape index (κ2) is 18.6. The molecule has 182 valence electrons. The van der Waals surface area contributed by atoms with Crippen molar-refractivity contribution in [2.45, 2.75) is 142 Å². The molecule has 1 atom stereocenters. The zero-order chi connectivity index (χ0) is 22.7. The van der Waals surface area contributed by atoms with Gasteiger partial charge in [-0.05, 0) is 18.3 Å². The first-order valence-corrected chi connectivity index (χ1v) is 14.9. The van der Waals surface area contributed by atoms with E-state index in [2.05, 4.69) is 27.7 Å². The van der Waals surface area contributed by atoms with E-state index < -0.39 is 8.80 Å². The van der Waals surface area contributed by atoms with E-state index in [9.17, 15) is 0 Å². The summed E-state index contributed by atoms with van der Waals surface area (Å²) in [6.07, 6.45) is 23.1. The molecule has 0 aromatic rings. The average Bonchev–Trinajstić information content (AvgIpc) is 2.73. The third kappa shape index (κ3) is 12.2. The van der Waals surface area contributed by atoms with Crippen molar-refractivity contribution >= 4 is 8.80 Å². The van der Waals surface area contributed by atoms with Crippen LogP contribution in [0.25, 0.3) is 0 Å². The summed E-state index contributed by atoms with van der Waals surface area (Å²) in [5, 5.41) is 0. The maximum Gasteiger partial charge on any atom is 0.503 e. The fourth-order valence-corrected chi connectivity index (χ4v) is 8.10. The molecular weight excluding hydrogens is 388 g/mol. The lowest BCUT2D eigenvalue weighted by molar-refractivity contribution is 0.0818. The average molecular weight is 445 g/mol. The quantitative estimate of drug-likeness (QED) is 0.123. The van der Waals surface area contributed by atoms with Crippen molar-refractivity contribution in [3.63, 3.8) is 0 Å². The second-order valence-electron chi connectivity index (χ2n) is 9.89. The Hall–Kier alpha value is 0.0969. The summed E-state index contributed by atoms with van der Waals surface area (Å²) in [6, 6.07) is 0. The van der Waals surface area contributed by atoms with Crippen LogP contribution in [0.4, 0.5) is 0 Å². The first kappa shape index (κ1) is 30.1. The Morgan fingerprint density at radius 3 is 1.27 bits per heavy atom. The van der Waals surface area contributed by atoms with E-state index in [4.69, 9.17) is 13.3 Å². The van der Waals surface area contributed by atoms with E-state index in [1.165, 1.54) is 103 Å². The Labute approximate surface area is 191 Å². The lowest BCUT2D eigenvalue weighted by Crippen LogP contribution is -2.52. The SMILES string of the molecule is CCCCCCCCCCCCCCCCC(C(C)(C)CCC)[Si](OC)(OC)OC. The molecule has 0 amide bonds. The van der Waals surface area contributed by atoms with Gasteiger partial charge in [-0.3, -0.25) is 0 Å². The second-order valence-corrected chi connectivity index (χ2v) is 13.0. The highest BCUT2D eigenvalue weighted by molar-refractivity contribution is 6.62. The highest BCUT2D eigenvalue weighted by Crippen LogP contribution is 2.47. The van der Waals surface area contributed by atoms with Crippen molar-refractivity contribution in [3.8, 4) is 0 Å². The van der Waals surface area contributed by atoms with Crippen LogP contribution in [-0.4, -0.2) is 30.1 Å². The topological polar surface area (TPSA) is 27.7 Å². The van der Waals surface area contributed by atoms with Crippen molar-refractivity contribution in [1.82, 2.24) is 0 Å². The molecule has 0 aromatic carbocycles. The summed E-state index contributed by atoms with van der Waals surface area (Å²) >= 11 is 0. The molecule has 0 fully saturated rings. The van der Waals surface area contributed by atoms with Crippen molar-refractivity contribution in [3.05, 3.63) is 0 Å². The molecule has 0 bridgehead atoms. The normalized spacial score (nSPS) is 13.7. The van der Waals surface area contributed by atoms with Gasteiger partial charge in [-0.1, -0.05) is 124 Å². The van der Waals surface area contributed by atoms with Crippen LogP contribution in [0.5, 0.6) is 0 Å². The summed E-state index contributed by atoms with van der Waals surface area (Å²) in [5.41, 5.74) is 0.543. The van der Waals surface area contributed by atoms with Gasteiger partial charge in [0.15, 0.2) is 0 Å². The van der Waals surface area contributed by atoms with E-state index in [-0.39, 0.29) is 5.41 Å². The Kier molecular flexibility index (Phi) is 18.7. The van der Waals surface area contributed by atoms with Gasteiger partial charge in [0.25, 0.3) is 0 Å². The molecule has 0 saturated heterocycles. The standard InChI is InChI=1S/C26H56O3Si/c1-8-10-11-12-13-14-15-16-17-18-19-20-21-22-23-25(26(3,4)24-9-2)30(27-5,28-6)29-7/h25H,8-24H2,1-7H3. The zero-order valence-corrected chi connectivity index (χ0v) is 22.8. The van der Waals surface area contributed by atoms with Crippen molar-refractivity contribution in [2.75, 3.05) is 21.3 Å². The van der Waals surface area contributed by atoms with Crippen LogP contribution in [0.2, 0.25) is 5.54 Å². The molecule has 0 spiro atoms. The van der Waals surface area contributed by atoms with Crippen LogP contribution in [0.1, 0.15) is 137 Å². The van der Waals surface area contributed by atoms with Crippen LogP contribution >= 0.6 is 0 Å². The van der Waals surface area contributed by atoms with Crippen LogP contribution in [0, 0.1) is 5.41 Å². The Morgan fingerprint density at radius 1 is 0.567 bits per heavy atom. The van der Waals surface area contributed by atoms with Gasteiger partial charge in [-0.15, -0.1) is 0 Å². The summed E-state index contributed by atoms with van der Waals surface area (Å²) < 4.78 is 17.7. The fourth-order valence-electron chi connectivity index (χ4n) is 5.08. The molecule has 0 aliphatic rings. The molecule has 3 nitrogen and oxygen atoms in total. The largest absolute Gasteiger partial charge is 0.503 e. The smallest absolute Gasteiger partial charge is 0.377 e. The van der Waals surface area contributed by atoms with Gasteiger partial charge in [0.05, 0.1) is 0 Å². The Morgan fingerprint density at radius 2 is 0.933 bits per heavy atom. The minimum Gasteiger partial charge on any atom is -0.377 e. The van der Waals surface area contributed by atoms with Gasteiger partial charge in [-0.2, -0.15) is 0 Å². The summed E-state index contributed by atoms with van der Waals surface area (Å²) in [5.74, 6) is 0. The Bertz CT molecular complexity index is 361. The molecule has 0 saturated carbocycles. The van der Waals surface area contributed by atoms with E-state index in [0.29, 0.717) is 5.54 Å². The number of hydrogen-bond acceptors (Lipinski definition) is 3. The van der Waals surface area contributed by atoms with Crippen molar-refractivity contribution in [1.29, 1.82) is 0 Å². The van der Waals surface area contributed by atoms with E-state index in [0.717, 1.165) is 6.42 Å². The molecule has 4 heteroatoms. The minimum absolute atomic E-state index is 0.180. The van der Waals surface area contributed by atoms with Crippen LogP contribution < -0.4 is 0 Å². The molecule has 30 heavy (non-hydrogen) atoms. The maximum atomic E-state index is 5.90.